The molecule has 2 aromatic rings. The van der Waals surface area contributed by atoms with E-state index in [0.29, 0.717) is 0 Å². The van der Waals surface area contributed by atoms with Crippen LogP contribution >= 0.6 is 0 Å². The Hall–Kier alpha value is -2.46. The maximum absolute atomic E-state index is 13.3. The third-order valence-electron chi connectivity index (χ3n) is 3.24. The van der Waals surface area contributed by atoms with Crippen molar-refractivity contribution in [1.82, 2.24) is 0 Å². The van der Waals surface area contributed by atoms with Crippen molar-refractivity contribution in [2.45, 2.75) is 24.1 Å². The summed E-state index contributed by atoms with van der Waals surface area (Å²) < 4.78 is 68.4. The van der Waals surface area contributed by atoms with Gasteiger partial charge in [-0.3, -0.25) is 10.1 Å². The van der Waals surface area contributed by atoms with Crippen molar-refractivity contribution in [1.29, 1.82) is 0 Å². The Bertz CT molecular complexity index is 862. The first-order chi connectivity index (χ1) is 11.5. The fourth-order valence-corrected chi connectivity index (χ4v) is 3.01. The summed E-state index contributed by atoms with van der Waals surface area (Å²) in [6.45, 7) is 1.69. The van der Waals surface area contributed by atoms with Gasteiger partial charge in [-0.1, -0.05) is 17.7 Å². The molecule has 1 unspecified atom stereocenters. The van der Waals surface area contributed by atoms with Gasteiger partial charge in [0.2, 0.25) is 0 Å². The van der Waals surface area contributed by atoms with Crippen LogP contribution in [0.5, 0.6) is 0 Å². The number of rotatable bonds is 5. The summed E-state index contributed by atoms with van der Waals surface area (Å²) in [5.74, 6) is 0. The molecule has 0 aliphatic carbocycles. The lowest BCUT2D eigenvalue weighted by molar-refractivity contribution is -0.384. The average molecular weight is 375 g/mol. The number of alkyl halides is 3. The summed E-state index contributed by atoms with van der Waals surface area (Å²) in [4.78, 5) is 9.37. The van der Waals surface area contributed by atoms with Gasteiger partial charge in [-0.25, -0.2) is 4.18 Å². The molecule has 0 spiro atoms. The summed E-state index contributed by atoms with van der Waals surface area (Å²) >= 11 is 0. The monoisotopic (exact) mass is 375 g/mol. The van der Waals surface area contributed by atoms with E-state index in [-0.39, 0.29) is 0 Å². The first-order valence-electron chi connectivity index (χ1n) is 6.82. The fraction of sp³-hybridized carbons (Fsp3) is 0.200. The molecule has 0 saturated carbocycles. The normalized spacial score (nSPS) is 13.4. The predicted molar refractivity (Wildman–Crippen MR) is 81.3 cm³/mol. The lowest BCUT2D eigenvalue weighted by Crippen LogP contribution is -2.26. The molecular weight excluding hydrogens is 363 g/mol. The summed E-state index contributed by atoms with van der Waals surface area (Å²) in [6, 6.07) is 8.41. The molecule has 0 aliphatic rings. The van der Waals surface area contributed by atoms with Crippen LogP contribution in [0.15, 0.2) is 53.4 Å². The Morgan fingerprint density at radius 3 is 2.00 bits per heavy atom. The quantitative estimate of drug-likeness (QED) is 0.449. The molecule has 0 bridgehead atoms. The summed E-state index contributed by atoms with van der Waals surface area (Å²) in [5.41, 5.74) is -0.262. The number of nitro benzene ring substituents is 1. The van der Waals surface area contributed by atoms with Crippen molar-refractivity contribution >= 4 is 15.8 Å². The van der Waals surface area contributed by atoms with E-state index in [1.165, 1.54) is 12.1 Å². The third-order valence-corrected chi connectivity index (χ3v) is 4.53. The highest BCUT2D eigenvalue weighted by molar-refractivity contribution is 7.86. The van der Waals surface area contributed by atoms with Crippen molar-refractivity contribution in [3.05, 3.63) is 69.8 Å². The first kappa shape index (κ1) is 18.9. The number of benzene rings is 2. The van der Waals surface area contributed by atoms with Gasteiger partial charge in [-0.15, -0.1) is 0 Å². The number of nitro groups is 1. The Morgan fingerprint density at radius 2 is 1.56 bits per heavy atom. The minimum atomic E-state index is -5.03. The second-order valence-corrected chi connectivity index (χ2v) is 6.71. The summed E-state index contributed by atoms with van der Waals surface area (Å²) in [5, 5.41) is 10.6. The van der Waals surface area contributed by atoms with Crippen molar-refractivity contribution < 1.29 is 30.7 Å². The van der Waals surface area contributed by atoms with Crippen LogP contribution in [0.4, 0.5) is 18.9 Å². The minimum Gasteiger partial charge on any atom is -0.258 e. The first-order valence-corrected chi connectivity index (χ1v) is 8.22. The van der Waals surface area contributed by atoms with Gasteiger partial charge in [-0.05, 0) is 36.8 Å². The maximum atomic E-state index is 13.3. The number of nitrogens with zero attached hydrogens (tertiary/aromatic N) is 1. The minimum absolute atomic E-state index is 0.422. The van der Waals surface area contributed by atoms with E-state index in [4.69, 9.17) is 0 Å². The summed E-state index contributed by atoms with van der Waals surface area (Å²) in [6.07, 6.45) is -7.81. The zero-order chi connectivity index (χ0) is 18.8. The van der Waals surface area contributed by atoms with E-state index in [1.807, 2.05) is 0 Å². The largest absolute Gasteiger partial charge is 0.420 e. The van der Waals surface area contributed by atoms with Gasteiger partial charge in [0.05, 0.1) is 9.82 Å². The Labute approximate surface area is 141 Å². The van der Waals surface area contributed by atoms with Crippen LogP contribution in [0.2, 0.25) is 0 Å². The molecule has 0 amide bonds. The molecule has 1 atom stereocenters. The van der Waals surface area contributed by atoms with Crippen LogP contribution < -0.4 is 0 Å². The summed E-state index contributed by atoms with van der Waals surface area (Å²) in [7, 11) is -4.69. The van der Waals surface area contributed by atoms with Crippen LogP contribution in [0.25, 0.3) is 0 Å². The third kappa shape index (κ3) is 4.54. The van der Waals surface area contributed by atoms with E-state index in [2.05, 4.69) is 4.18 Å². The topological polar surface area (TPSA) is 86.5 Å². The van der Waals surface area contributed by atoms with Gasteiger partial charge in [-0.2, -0.15) is 21.6 Å². The van der Waals surface area contributed by atoms with Crippen LogP contribution in [0, 0.1) is 17.0 Å². The highest BCUT2D eigenvalue weighted by atomic mass is 32.2. The Kier molecular flexibility index (Phi) is 5.14. The lowest BCUT2D eigenvalue weighted by Gasteiger charge is -2.20. The van der Waals surface area contributed by atoms with Crippen molar-refractivity contribution in [2.24, 2.45) is 0 Å². The molecule has 134 valence electrons. The Morgan fingerprint density at radius 1 is 1.04 bits per heavy atom. The molecule has 10 heteroatoms. The van der Waals surface area contributed by atoms with Crippen molar-refractivity contribution in [3.63, 3.8) is 0 Å². The lowest BCUT2D eigenvalue weighted by atomic mass is 10.1. The standard InChI is InChI=1S/C15H12F3NO5S/c1-10-2-8-13(9-3-10)25(22,23)24-14(15(16,17)18)11-4-6-12(7-5-11)19(20)21/h2-9,14H,1H3. The molecule has 0 radical (unpaired) electrons. The van der Waals surface area contributed by atoms with Crippen LogP contribution in [-0.2, 0) is 14.3 Å². The van der Waals surface area contributed by atoms with E-state index in [0.717, 1.165) is 42.0 Å². The molecule has 2 rings (SSSR count). The number of halogens is 3. The number of non-ortho nitro benzene ring substituents is 1. The second kappa shape index (κ2) is 6.81. The molecule has 2 aromatic carbocycles. The smallest absolute Gasteiger partial charge is 0.258 e. The average Bonchev–Trinajstić information content (AvgIpc) is 2.52. The molecular formula is C15H12F3NO5S. The molecule has 0 heterocycles. The van der Waals surface area contributed by atoms with Crippen molar-refractivity contribution in [2.75, 3.05) is 0 Å². The van der Waals surface area contributed by atoms with Gasteiger partial charge in [0, 0.05) is 12.1 Å². The highest BCUT2D eigenvalue weighted by Crippen LogP contribution is 2.38. The number of hydrogen-bond donors (Lipinski definition) is 0. The van der Waals surface area contributed by atoms with E-state index >= 15 is 0 Å². The molecule has 6 nitrogen and oxygen atoms in total. The van der Waals surface area contributed by atoms with Crippen LogP contribution in [-0.4, -0.2) is 19.5 Å². The SMILES string of the molecule is Cc1ccc(S(=O)(=O)OC(c2ccc([N+](=O)[O-])cc2)C(F)(F)F)cc1. The van der Waals surface area contributed by atoms with Gasteiger partial charge < -0.3 is 0 Å². The Balaban J connectivity index is 2.38. The van der Waals surface area contributed by atoms with Gasteiger partial charge >= 0.3 is 6.18 Å². The van der Waals surface area contributed by atoms with Gasteiger partial charge in [0.1, 0.15) is 0 Å². The predicted octanol–water partition coefficient (Wildman–Crippen LogP) is 3.91. The number of hydrogen-bond acceptors (Lipinski definition) is 5. The molecule has 0 aromatic heterocycles. The molecule has 0 fully saturated rings. The van der Waals surface area contributed by atoms with Crippen LogP contribution in [0.3, 0.4) is 0 Å². The van der Waals surface area contributed by atoms with Gasteiger partial charge in [0.25, 0.3) is 15.8 Å². The molecule has 0 saturated heterocycles. The zero-order valence-electron chi connectivity index (χ0n) is 12.7. The fourth-order valence-electron chi connectivity index (χ4n) is 1.96. The van der Waals surface area contributed by atoms with E-state index in [9.17, 15) is 31.7 Å². The van der Waals surface area contributed by atoms with Crippen molar-refractivity contribution in [3.8, 4) is 0 Å². The second-order valence-electron chi connectivity index (χ2n) is 5.13. The molecule has 0 N–H and O–H groups in total. The maximum Gasteiger partial charge on any atom is 0.420 e. The van der Waals surface area contributed by atoms with E-state index < -0.39 is 43.5 Å². The van der Waals surface area contributed by atoms with E-state index in [1.54, 1.807) is 6.92 Å². The molecule has 25 heavy (non-hydrogen) atoms. The molecule has 0 aliphatic heterocycles. The number of aryl methyl sites for hydroxylation is 1. The zero-order valence-corrected chi connectivity index (χ0v) is 13.5. The van der Waals surface area contributed by atoms with Crippen LogP contribution in [0.1, 0.15) is 17.2 Å². The van der Waals surface area contributed by atoms with Gasteiger partial charge in [0.15, 0.2) is 6.10 Å². The highest BCUT2D eigenvalue weighted by Gasteiger charge is 2.45.